The SMILES string of the molecule is COc1cccc(N2CC[NH+]([C@@H](C)C(=O)NC(c3ccccc3)c3ccccc3)CC2)c1. The Hall–Kier alpha value is -3.31. The molecule has 32 heavy (non-hydrogen) atoms. The summed E-state index contributed by atoms with van der Waals surface area (Å²) in [6.07, 6.45) is 0. The predicted molar refractivity (Wildman–Crippen MR) is 128 cm³/mol. The van der Waals surface area contributed by atoms with Crippen LogP contribution >= 0.6 is 0 Å². The number of carbonyl (C=O) groups excluding carboxylic acids is 1. The number of carbonyl (C=O) groups is 1. The van der Waals surface area contributed by atoms with Crippen molar-refractivity contribution in [1.29, 1.82) is 0 Å². The second-order valence-corrected chi connectivity index (χ2v) is 8.33. The van der Waals surface area contributed by atoms with Gasteiger partial charge in [-0.15, -0.1) is 0 Å². The molecule has 4 rings (SSSR count). The van der Waals surface area contributed by atoms with E-state index >= 15 is 0 Å². The van der Waals surface area contributed by atoms with Gasteiger partial charge in [0.25, 0.3) is 5.91 Å². The highest BCUT2D eigenvalue weighted by Gasteiger charge is 2.31. The molecule has 2 N–H and O–H groups in total. The fourth-order valence-corrected chi connectivity index (χ4v) is 4.40. The standard InChI is InChI=1S/C27H31N3O2/c1-21(29-16-18-30(19-17-29)24-14-9-15-25(20-24)32-2)27(31)28-26(22-10-5-3-6-11-22)23-12-7-4-8-13-23/h3-15,20-21,26H,16-19H2,1-2H3,(H,28,31)/p+1/t21-/m0/s1. The van der Waals surface area contributed by atoms with Crippen LogP contribution in [0.15, 0.2) is 84.9 Å². The van der Waals surface area contributed by atoms with E-state index in [-0.39, 0.29) is 18.0 Å². The molecule has 1 aliphatic heterocycles. The third-order valence-electron chi connectivity index (χ3n) is 6.38. The maximum Gasteiger partial charge on any atom is 0.278 e. The molecule has 166 valence electrons. The highest BCUT2D eigenvalue weighted by Crippen LogP contribution is 2.22. The van der Waals surface area contributed by atoms with Crippen molar-refractivity contribution in [3.05, 3.63) is 96.1 Å². The second-order valence-electron chi connectivity index (χ2n) is 8.33. The van der Waals surface area contributed by atoms with E-state index in [1.807, 2.05) is 55.5 Å². The minimum absolute atomic E-state index is 0.0903. The Morgan fingerprint density at radius 1 is 0.906 bits per heavy atom. The summed E-state index contributed by atoms with van der Waals surface area (Å²) in [6, 6.07) is 28.3. The van der Waals surface area contributed by atoms with Gasteiger partial charge in [0.2, 0.25) is 0 Å². The number of piperazine rings is 1. The van der Waals surface area contributed by atoms with Crippen LogP contribution in [0, 0.1) is 0 Å². The predicted octanol–water partition coefficient (Wildman–Crippen LogP) is 2.69. The van der Waals surface area contributed by atoms with Gasteiger partial charge in [-0.2, -0.15) is 0 Å². The van der Waals surface area contributed by atoms with Crippen LogP contribution in [0.3, 0.4) is 0 Å². The fourth-order valence-electron chi connectivity index (χ4n) is 4.40. The molecule has 0 radical (unpaired) electrons. The van der Waals surface area contributed by atoms with Gasteiger partial charge in [0, 0.05) is 11.8 Å². The van der Waals surface area contributed by atoms with Crippen molar-refractivity contribution >= 4 is 11.6 Å². The minimum atomic E-state index is -0.148. The van der Waals surface area contributed by atoms with Crippen LogP contribution in [0.1, 0.15) is 24.1 Å². The third kappa shape index (κ3) is 5.11. The number of hydrogen-bond donors (Lipinski definition) is 2. The van der Waals surface area contributed by atoms with Crippen LogP contribution < -0.4 is 19.9 Å². The maximum absolute atomic E-state index is 13.3. The van der Waals surface area contributed by atoms with Gasteiger partial charge in [0.15, 0.2) is 6.04 Å². The summed E-state index contributed by atoms with van der Waals surface area (Å²) in [4.78, 5) is 17.0. The summed E-state index contributed by atoms with van der Waals surface area (Å²) in [5.74, 6) is 0.963. The van der Waals surface area contributed by atoms with E-state index in [1.54, 1.807) is 7.11 Å². The maximum atomic E-state index is 13.3. The highest BCUT2D eigenvalue weighted by molar-refractivity contribution is 5.81. The van der Waals surface area contributed by atoms with Crippen molar-refractivity contribution in [2.75, 3.05) is 38.2 Å². The quantitative estimate of drug-likeness (QED) is 0.606. The van der Waals surface area contributed by atoms with Gasteiger partial charge in [-0.3, -0.25) is 4.79 Å². The van der Waals surface area contributed by atoms with Gasteiger partial charge in [-0.25, -0.2) is 0 Å². The summed E-state index contributed by atoms with van der Waals surface area (Å²) in [5.41, 5.74) is 3.36. The Morgan fingerprint density at radius 2 is 1.50 bits per heavy atom. The molecule has 3 aromatic carbocycles. The molecule has 0 unspecified atom stereocenters. The Labute approximate surface area is 190 Å². The van der Waals surface area contributed by atoms with Crippen molar-refractivity contribution in [3.63, 3.8) is 0 Å². The summed E-state index contributed by atoms with van der Waals surface area (Å²) in [6.45, 7) is 5.72. The molecule has 0 bridgehead atoms. The summed E-state index contributed by atoms with van der Waals surface area (Å²) >= 11 is 0. The van der Waals surface area contributed by atoms with Crippen molar-refractivity contribution in [2.24, 2.45) is 0 Å². The number of rotatable bonds is 7. The lowest BCUT2D eigenvalue weighted by atomic mass is 9.98. The number of nitrogens with one attached hydrogen (secondary N) is 2. The lowest BCUT2D eigenvalue weighted by molar-refractivity contribution is -0.914. The van der Waals surface area contributed by atoms with E-state index in [1.165, 1.54) is 10.6 Å². The zero-order valence-corrected chi connectivity index (χ0v) is 18.8. The first-order valence-electron chi connectivity index (χ1n) is 11.3. The normalized spacial score (nSPS) is 15.4. The van der Waals surface area contributed by atoms with E-state index in [2.05, 4.69) is 46.6 Å². The minimum Gasteiger partial charge on any atom is -0.497 e. The van der Waals surface area contributed by atoms with Crippen LogP contribution in [0.25, 0.3) is 0 Å². The Bertz CT molecular complexity index is 962. The highest BCUT2D eigenvalue weighted by atomic mass is 16.5. The largest absolute Gasteiger partial charge is 0.497 e. The molecule has 1 saturated heterocycles. The van der Waals surface area contributed by atoms with Crippen molar-refractivity contribution in [3.8, 4) is 5.75 Å². The van der Waals surface area contributed by atoms with Gasteiger partial charge >= 0.3 is 0 Å². The number of amides is 1. The molecule has 1 heterocycles. The van der Waals surface area contributed by atoms with E-state index in [9.17, 15) is 4.79 Å². The Balaban J connectivity index is 1.40. The molecule has 0 spiro atoms. The molecule has 0 aliphatic carbocycles. The monoisotopic (exact) mass is 430 g/mol. The topological polar surface area (TPSA) is 46.0 Å². The van der Waals surface area contributed by atoms with Crippen LogP contribution in [0.2, 0.25) is 0 Å². The number of benzene rings is 3. The zero-order chi connectivity index (χ0) is 22.3. The van der Waals surface area contributed by atoms with Gasteiger partial charge in [0.05, 0.1) is 39.3 Å². The van der Waals surface area contributed by atoms with E-state index in [0.29, 0.717) is 0 Å². The average Bonchev–Trinajstić information content (AvgIpc) is 2.88. The fraction of sp³-hybridized carbons (Fsp3) is 0.296. The number of quaternary nitrogens is 1. The number of hydrogen-bond acceptors (Lipinski definition) is 3. The first kappa shape index (κ1) is 21.9. The molecular formula is C27H32N3O2+. The lowest BCUT2D eigenvalue weighted by Gasteiger charge is -2.36. The van der Waals surface area contributed by atoms with Crippen LogP contribution in [-0.4, -0.2) is 45.2 Å². The Kier molecular flexibility index (Phi) is 7.07. The second kappa shape index (κ2) is 10.3. The molecule has 5 heteroatoms. The van der Waals surface area contributed by atoms with E-state index < -0.39 is 0 Å². The first-order valence-corrected chi connectivity index (χ1v) is 11.3. The molecular weight excluding hydrogens is 398 g/mol. The molecule has 1 atom stereocenters. The van der Waals surface area contributed by atoms with Crippen molar-refractivity contribution < 1.29 is 14.4 Å². The van der Waals surface area contributed by atoms with Crippen LogP contribution in [0.5, 0.6) is 5.75 Å². The molecule has 5 nitrogen and oxygen atoms in total. The van der Waals surface area contributed by atoms with Crippen molar-refractivity contribution in [2.45, 2.75) is 19.0 Å². The molecule has 3 aromatic rings. The lowest BCUT2D eigenvalue weighted by Crippen LogP contribution is -3.19. The molecule has 1 aliphatic rings. The number of anilines is 1. The number of methoxy groups -OCH3 is 1. The summed E-state index contributed by atoms with van der Waals surface area (Å²) < 4.78 is 5.36. The Morgan fingerprint density at radius 3 is 2.06 bits per heavy atom. The molecule has 0 saturated carbocycles. The molecule has 1 amide bonds. The molecule has 1 fully saturated rings. The summed E-state index contributed by atoms with van der Waals surface area (Å²) in [7, 11) is 1.69. The van der Waals surface area contributed by atoms with E-state index in [0.717, 1.165) is 43.1 Å². The van der Waals surface area contributed by atoms with E-state index in [4.69, 9.17) is 4.74 Å². The van der Waals surface area contributed by atoms with Crippen LogP contribution in [-0.2, 0) is 4.79 Å². The first-order chi connectivity index (χ1) is 15.7. The summed E-state index contributed by atoms with van der Waals surface area (Å²) in [5, 5.41) is 3.31. The third-order valence-corrected chi connectivity index (χ3v) is 6.38. The number of nitrogens with zero attached hydrogens (tertiary/aromatic N) is 1. The van der Waals surface area contributed by atoms with Gasteiger partial charge in [-0.1, -0.05) is 66.7 Å². The molecule has 0 aromatic heterocycles. The van der Waals surface area contributed by atoms with Gasteiger partial charge in [0.1, 0.15) is 5.75 Å². The zero-order valence-electron chi connectivity index (χ0n) is 18.8. The van der Waals surface area contributed by atoms with Crippen LogP contribution in [0.4, 0.5) is 5.69 Å². The smallest absolute Gasteiger partial charge is 0.278 e. The average molecular weight is 431 g/mol. The van der Waals surface area contributed by atoms with Gasteiger partial charge in [-0.05, 0) is 30.2 Å². The van der Waals surface area contributed by atoms with Crippen molar-refractivity contribution in [1.82, 2.24) is 5.32 Å². The van der Waals surface area contributed by atoms with Gasteiger partial charge < -0.3 is 19.9 Å². The number of ether oxygens (including phenoxy) is 1.